The summed E-state index contributed by atoms with van der Waals surface area (Å²) in [5.74, 6) is 1.01. The first kappa shape index (κ1) is 15.0. The van der Waals surface area contributed by atoms with Crippen LogP contribution in [0.5, 0.6) is 5.75 Å². The van der Waals surface area contributed by atoms with E-state index in [-0.39, 0.29) is 0 Å². The van der Waals surface area contributed by atoms with Crippen molar-refractivity contribution in [2.45, 2.75) is 33.2 Å². The van der Waals surface area contributed by atoms with Crippen molar-refractivity contribution in [2.75, 3.05) is 27.7 Å². The van der Waals surface area contributed by atoms with E-state index in [1.165, 1.54) is 22.3 Å². The van der Waals surface area contributed by atoms with Gasteiger partial charge in [0.1, 0.15) is 5.75 Å². The molecule has 0 heterocycles. The molecule has 3 nitrogen and oxygen atoms in total. The van der Waals surface area contributed by atoms with E-state index in [0.29, 0.717) is 6.04 Å². The molecule has 1 aromatic carbocycles. The van der Waals surface area contributed by atoms with Gasteiger partial charge in [-0.2, -0.15) is 0 Å². The van der Waals surface area contributed by atoms with Crippen molar-refractivity contribution in [1.82, 2.24) is 10.6 Å². The molecule has 0 saturated carbocycles. The highest BCUT2D eigenvalue weighted by atomic mass is 16.5. The fourth-order valence-electron chi connectivity index (χ4n) is 2.51. The molecule has 1 aromatic rings. The molecule has 0 bridgehead atoms. The number of hydrogen-bond acceptors (Lipinski definition) is 3. The number of nitrogens with one attached hydrogen (secondary N) is 2. The molecule has 1 atom stereocenters. The zero-order valence-electron chi connectivity index (χ0n) is 12.5. The van der Waals surface area contributed by atoms with Gasteiger partial charge >= 0.3 is 0 Å². The Labute approximate surface area is 111 Å². The van der Waals surface area contributed by atoms with Crippen LogP contribution in [-0.4, -0.2) is 27.7 Å². The second-order valence-electron chi connectivity index (χ2n) is 4.80. The minimum Gasteiger partial charge on any atom is -0.496 e. The van der Waals surface area contributed by atoms with Crippen molar-refractivity contribution in [2.24, 2.45) is 0 Å². The Morgan fingerprint density at radius 3 is 2.33 bits per heavy atom. The lowest BCUT2D eigenvalue weighted by Gasteiger charge is -2.22. The Hall–Kier alpha value is -1.06. The zero-order valence-corrected chi connectivity index (χ0v) is 12.5. The smallest absolute Gasteiger partial charge is 0.124 e. The van der Waals surface area contributed by atoms with Crippen molar-refractivity contribution in [3.63, 3.8) is 0 Å². The Bertz CT molecular complexity index is 402. The van der Waals surface area contributed by atoms with Gasteiger partial charge < -0.3 is 15.4 Å². The second kappa shape index (κ2) is 6.76. The van der Waals surface area contributed by atoms with Crippen LogP contribution in [0.1, 0.15) is 34.7 Å². The van der Waals surface area contributed by atoms with Crippen molar-refractivity contribution < 1.29 is 4.74 Å². The Balaban J connectivity index is 3.15. The molecule has 1 unspecified atom stereocenters. The lowest BCUT2D eigenvalue weighted by Crippen LogP contribution is -2.22. The van der Waals surface area contributed by atoms with Crippen LogP contribution in [0.2, 0.25) is 0 Å². The highest BCUT2D eigenvalue weighted by Crippen LogP contribution is 2.32. The highest BCUT2D eigenvalue weighted by Gasteiger charge is 2.16. The maximum absolute atomic E-state index is 5.47. The molecule has 0 aromatic heterocycles. The normalized spacial score (nSPS) is 12.6. The highest BCUT2D eigenvalue weighted by molar-refractivity contribution is 5.49. The molecule has 18 heavy (non-hydrogen) atoms. The summed E-state index contributed by atoms with van der Waals surface area (Å²) >= 11 is 0. The SMILES string of the molecule is CNCCC(NC)c1cc(C)c(OC)c(C)c1C. The largest absolute Gasteiger partial charge is 0.496 e. The van der Waals surface area contributed by atoms with Gasteiger partial charge in [0.2, 0.25) is 0 Å². The number of hydrogen-bond donors (Lipinski definition) is 2. The molecule has 0 aliphatic rings. The monoisotopic (exact) mass is 250 g/mol. The Morgan fingerprint density at radius 1 is 1.17 bits per heavy atom. The quantitative estimate of drug-likeness (QED) is 0.814. The topological polar surface area (TPSA) is 33.3 Å². The van der Waals surface area contributed by atoms with Gasteiger partial charge in [-0.05, 0) is 70.1 Å². The van der Waals surface area contributed by atoms with Gasteiger partial charge in [0.05, 0.1) is 7.11 Å². The third-order valence-electron chi connectivity index (χ3n) is 3.68. The van der Waals surface area contributed by atoms with Crippen LogP contribution in [0.4, 0.5) is 0 Å². The summed E-state index contributed by atoms with van der Waals surface area (Å²) < 4.78 is 5.47. The molecule has 0 fully saturated rings. The predicted molar refractivity (Wildman–Crippen MR) is 77.5 cm³/mol. The van der Waals surface area contributed by atoms with E-state index in [2.05, 4.69) is 37.5 Å². The number of methoxy groups -OCH3 is 1. The minimum absolute atomic E-state index is 0.390. The van der Waals surface area contributed by atoms with Crippen molar-refractivity contribution >= 4 is 0 Å². The van der Waals surface area contributed by atoms with Crippen LogP contribution in [-0.2, 0) is 0 Å². The van der Waals surface area contributed by atoms with Crippen LogP contribution in [0, 0.1) is 20.8 Å². The van der Waals surface area contributed by atoms with Crippen molar-refractivity contribution in [3.8, 4) is 5.75 Å². The molecule has 0 saturated heterocycles. The zero-order chi connectivity index (χ0) is 13.7. The van der Waals surface area contributed by atoms with Gasteiger partial charge in [-0.3, -0.25) is 0 Å². The lowest BCUT2D eigenvalue weighted by atomic mass is 9.92. The number of rotatable bonds is 6. The summed E-state index contributed by atoms with van der Waals surface area (Å²) in [7, 11) is 5.75. The minimum atomic E-state index is 0.390. The maximum atomic E-state index is 5.47. The van der Waals surface area contributed by atoms with E-state index in [0.717, 1.165) is 18.7 Å². The third kappa shape index (κ3) is 3.03. The van der Waals surface area contributed by atoms with E-state index in [9.17, 15) is 0 Å². The van der Waals surface area contributed by atoms with Crippen molar-refractivity contribution in [3.05, 3.63) is 28.3 Å². The van der Waals surface area contributed by atoms with E-state index in [1.807, 2.05) is 14.1 Å². The molecule has 0 radical (unpaired) electrons. The average molecular weight is 250 g/mol. The molecular weight excluding hydrogens is 224 g/mol. The average Bonchev–Trinajstić information content (AvgIpc) is 2.36. The first-order chi connectivity index (χ1) is 8.56. The van der Waals surface area contributed by atoms with E-state index in [1.54, 1.807) is 7.11 Å². The first-order valence-corrected chi connectivity index (χ1v) is 6.53. The molecule has 1 rings (SSSR count). The number of benzene rings is 1. The molecule has 0 amide bonds. The van der Waals surface area contributed by atoms with Crippen molar-refractivity contribution in [1.29, 1.82) is 0 Å². The molecule has 0 aliphatic heterocycles. The molecule has 0 spiro atoms. The molecule has 3 heteroatoms. The molecule has 2 N–H and O–H groups in total. The standard InChI is InChI=1S/C15H26N2O/c1-10-9-13(14(17-5)7-8-16-4)11(2)12(3)15(10)18-6/h9,14,16-17H,7-8H2,1-6H3. The van der Waals surface area contributed by atoms with E-state index in [4.69, 9.17) is 4.74 Å². The van der Waals surface area contributed by atoms with Gasteiger partial charge in [0.15, 0.2) is 0 Å². The Morgan fingerprint density at radius 2 is 1.83 bits per heavy atom. The van der Waals surface area contributed by atoms with Crippen LogP contribution < -0.4 is 15.4 Å². The van der Waals surface area contributed by atoms with Gasteiger partial charge in [-0.1, -0.05) is 6.07 Å². The molecule has 0 aliphatic carbocycles. The number of ether oxygens (including phenoxy) is 1. The van der Waals surface area contributed by atoms with Crippen LogP contribution in [0.3, 0.4) is 0 Å². The Kier molecular flexibility index (Phi) is 5.63. The molecular formula is C15H26N2O. The summed E-state index contributed by atoms with van der Waals surface area (Å²) in [6.45, 7) is 7.43. The molecule has 102 valence electrons. The fraction of sp³-hybridized carbons (Fsp3) is 0.600. The number of aryl methyl sites for hydroxylation is 1. The summed E-state index contributed by atoms with van der Waals surface area (Å²) in [6.07, 6.45) is 1.08. The summed E-state index contributed by atoms with van der Waals surface area (Å²) in [6, 6.07) is 2.64. The fourth-order valence-corrected chi connectivity index (χ4v) is 2.51. The summed E-state index contributed by atoms with van der Waals surface area (Å²) in [5.41, 5.74) is 5.16. The summed E-state index contributed by atoms with van der Waals surface area (Å²) in [4.78, 5) is 0. The van der Waals surface area contributed by atoms with Crippen LogP contribution in [0.15, 0.2) is 6.07 Å². The van der Waals surface area contributed by atoms with E-state index >= 15 is 0 Å². The second-order valence-corrected chi connectivity index (χ2v) is 4.80. The van der Waals surface area contributed by atoms with Gasteiger partial charge in [0.25, 0.3) is 0 Å². The maximum Gasteiger partial charge on any atom is 0.124 e. The third-order valence-corrected chi connectivity index (χ3v) is 3.68. The van der Waals surface area contributed by atoms with E-state index < -0.39 is 0 Å². The summed E-state index contributed by atoms with van der Waals surface area (Å²) in [5, 5.41) is 6.61. The van der Waals surface area contributed by atoms with Gasteiger partial charge in [-0.15, -0.1) is 0 Å². The van der Waals surface area contributed by atoms with Crippen LogP contribution in [0.25, 0.3) is 0 Å². The first-order valence-electron chi connectivity index (χ1n) is 6.53. The van der Waals surface area contributed by atoms with Crippen LogP contribution >= 0.6 is 0 Å². The van der Waals surface area contributed by atoms with Gasteiger partial charge in [-0.25, -0.2) is 0 Å². The lowest BCUT2D eigenvalue weighted by molar-refractivity contribution is 0.407. The van der Waals surface area contributed by atoms with Gasteiger partial charge in [0, 0.05) is 6.04 Å². The predicted octanol–water partition coefficient (Wildman–Crippen LogP) is 2.49.